The minimum atomic E-state index is -3.23. The van der Waals surface area contributed by atoms with Crippen LogP contribution in [0.1, 0.15) is 36.8 Å². The molecule has 0 unspecified atom stereocenters. The van der Waals surface area contributed by atoms with Crippen molar-refractivity contribution in [2.24, 2.45) is 4.99 Å². The summed E-state index contributed by atoms with van der Waals surface area (Å²) in [6.45, 7) is 2.37. The molecule has 0 heterocycles. The molecule has 0 bridgehead atoms. The first kappa shape index (κ1) is 24.7. The fraction of sp³-hybridized carbons (Fsp3) is 0.579. The molecule has 1 aliphatic carbocycles. The summed E-state index contributed by atoms with van der Waals surface area (Å²) in [6.07, 6.45) is 5.82. The van der Waals surface area contributed by atoms with Crippen LogP contribution in [0.3, 0.4) is 0 Å². The van der Waals surface area contributed by atoms with Crippen molar-refractivity contribution in [1.82, 2.24) is 15.5 Å². The third-order valence-electron chi connectivity index (χ3n) is 4.66. The Hall–Kier alpha value is -1.36. The minimum absolute atomic E-state index is 0. The van der Waals surface area contributed by atoms with E-state index in [4.69, 9.17) is 0 Å². The van der Waals surface area contributed by atoms with Gasteiger partial charge >= 0.3 is 0 Å². The molecule has 1 aromatic rings. The molecule has 1 aromatic carbocycles. The molecule has 0 radical (unpaired) electrons. The SMILES string of the molecule is Cc1cc(CN=C(NCC(=O)N(C)C)NC2CCCC2)ccc1S(C)(=O)=O.I. The van der Waals surface area contributed by atoms with Crippen LogP contribution in [0.25, 0.3) is 0 Å². The van der Waals surface area contributed by atoms with Crippen molar-refractivity contribution in [2.75, 3.05) is 26.9 Å². The van der Waals surface area contributed by atoms with E-state index in [0.29, 0.717) is 29.0 Å². The van der Waals surface area contributed by atoms with Gasteiger partial charge in [0.05, 0.1) is 18.0 Å². The number of guanidine groups is 1. The Kier molecular flexibility index (Phi) is 9.68. The first-order valence-electron chi connectivity index (χ1n) is 9.21. The number of benzene rings is 1. The maximum atomic E-state index is 11.9. The molecule has 1 amide bonds. The van der Waals surface area contributed by atoms with Gasteiger partial charge in [0.15, 0.2) is 15.8 Å². The third kappa shape index (κ3) is 7.57. The van der Waals surface area contributed by atoms with E-state index in [0.717, 1.165) is 18.4 Å². The predicted octanol–water partition coefficient (Wildman–Crippen LogP) is 2.08. The lowest BCUT2D eigenvalue weighted by molar-refractivity contribution is -0.127. The van der Waals surface area contributed by atoms with Crippen LogP contribution in [0.5, 0.6) is 0 Å². The number of carbonyl (C=O) groups excluding carboxylic acids is 1. The Morgan fingerprint density at radius 1 is 1.25 bits per heavy atom. The van der Waals surface area contributed by atoms with Gasteiger partial charge in [-0.2, -0.15) is 0 Å². The van der Waals surface area contributed by atoms with Gasteiger partial charge in [0.1, 0.15) is 0 Å². The third-order valence-corrected chi connectivity index (χ3v) is 5.92. The second-order valence-electron chi connectivity index (χ2n) is 7.30. The van der Waals surface area contributed by atoms with Crippen LogP contribution >= 0.6 is 24.0 Å². The summed E-state index contributed by atoms with van der Waals surface area (Å²) in [6, 6.07) is 5.63. The van der Waals surface area contributed by atoms with E-state index >= 15 is 0 Å². The summed E-state index contributed by atoms with van der Waals surface area (Å²) in [5, 5.41) is 6.50. The highest BCUT2D eigenvalue weighted by atomic mass is 127. The molecule has 0 spiro atoms. The maximum Gasteiger partial charge on any atom is 0.241 e. The number of sulfone groups is 1. The number of nitrogens with zero attached hydrogens (tertiary/aromatic N) is 2. The Bertz CT molecular complexity index is 803. The van der Waals surface area contributed by atoms with Crippen molar-refractivity contribution >= 4 is 45.7 Å². The Balaban J connectivity index is 0.00000392. The number of hydrogen-bond acceptors (Lipinski definition) is 4. The number of nitrogens with one attached hydrogen (secondary N) is 2. The van der Waals surface area contributed by atoms with Crippen LogP contribution in [0, 0.1) is 6.92 Å². The number of rotatable bonds is 6. The van der Waals surface area contributed by atoms with Crippen molar-refractivity contribution < 1.29 is 13.2 Å². The largest absolute Gasteiger partial charge is 0.354 e. The van der Waals surface area contributed by atoms with E-state index in [2.05, 4.69) is 15.6 Å². The van der Waals surface area contributed by atoms with Crippen molar-refractivity contribution in [1.29, 1.82) is 0 Å². The van der Waals surface area contributed by atoms with Crippen LogP contribution in [0.4, 0.5) is 0 Å². The highest BCUT2D eigenvalue weighted by Crippen LogP contribution is 2.18. The maximum absolute atomic E-state index is 11.9. The molecule has 1 saturated carbocycles. The first-order chi connectivity index (χ1) is 12.7. The van der Waals surface area contributed by atoms with Crippen LogP contribution in [0.15, 0.2) is 28.1 Å². The fourth-order valence-electron chi connectivity index (χ4n) is 3.13. The second-order valence-corrected chi connectivity index (χ2v) is 9.29. The van der Waals surface area contributed by atoms with E-state index in [1.54, 1.807) is 33.2 Å². The number of hydrogen-bond donors (Lipinski definition) is 2. The van der Waals surface area contributed by atoms with Crippen LogP contribution < -0.4 is 10.6 Å². The van der Waals surface area contributed by atoms with Gasteiger partial charge in [0.25, 0.3) is 0 Å². The molecule has 0 atom stereocenters. The van der Waals surface area contributed by atoms with E-state index in [1.807, 2.05) is 6.07 Å². The van der Waals surface area contributed by atoms with Crippen molar-refractivity contribution in [3.05, 3.63) is 29.3 Å². The summed E-state index contributed by atoms with van der Waals surface area (Å²) < 4.78 is 23.5. The Labute approximate surface area is 185 Å². The van der Waals surface area contributed by atoms with Gasteiger partial charge in [-0.15, -0.1) is 24.0 Å². The molecular weight excluding hydrogens is 491 g/mol. The molecule has 0 aromatic heterocycles. The summed E-state index contributed by atoms with van der Waals surface area (Å²) >= 11 is 0. The minimum Gasteiger partial charge on any atom is -0.354 e. The molecule has 1 fully saturated rings. The molecule has 0 aliphatic heterocycles. The molecule has 2 rings (SSSR count). The summed E-state index contributed by atoms with van der Waals surface area (Å²) in [7, 11) is 0.213. The molecular formula is C19H31IN4O3S. The molecule has 28 heavy (non-hydrogen) atoms. The highest BCUT2D eigenvalue weighted by molar-refractivity contribution is 14.0. The van der Waals surface area contributed by atoms with Gasteiger partial charge in [0, 0.05) is 26.4 Å². The van der Waals surface area contributed by atoms with Gasteiger partial charge in [-0.3, -0.25) is 4.79 Å². The highest BCUT2D eigenvalue weighted by Gasteiger charge is 2.17. The van der Waals surface area contributed by atoms with Crippen LogP contribution in [0.2, 0.25) is 0 Å². The van der Waals surface area contributed by atoms with Crippen molar-refractivity contribution in [3.8, 4) is 0 Å². The Morgan fingerprint density at radius 3 is 2.43 bits per heavy atom. The zero-order chi connectivity index (χ0) is 20.0. The lowest BCUT2D eigenvalue weighted by atomic mass is 10.1. The van der Waals surface area contributed by atoms with E-state index in [-0.39, 0.29) is 36.4 Å². The molecule has 2 N–H and O–H groups in total. The predicted molar refractivity (Wildman–Crippen MR) is 123 cm³/mol. The zero-order valence-electron chi connectivity index (χ0n) is 17.0. The smallest absolute Gasteiger partial charge is 0.241 e. The van der Waals surface area contributed by atoms with Crippen molar-refractivity contribution in [3.63, 3.8) is 0 Å². The van der Waals surface area contributed by atoms with Gasteiger partial charge in [-0.05, 0) is 37.0 Å². The first-order valence-corrected chi connectivity index (χ1v) is 11.1. The Morgan fingerprint density at radius 2 is 1.89 bits per heavy atom. The lowest BCUT2D eigenvalue weighted by Gasteiger charge is -2.18. The summed E-state index contributed by atoms with van der Waals surface area (Å²) in [5.41, 5.74) is 1.64. The topological polar surface area (TPSA) is 90.9 Å². The molecule has 1 aliphatic rings. The van der Waals surface area contributed by atoms with E-state index < -0.39 is 9.84 Å². The average Bonchev–Trinajstić information content (AvgIpc) is 3.08. The molecule has 0 saturated heterocycles. The number of halogens is 1. The number of likely N-dealkylation sites (N-methyl/N-ethyl adjacent to an activating group) is 1. The average molecular weight is 522 g/mol. The summed E-state index contributed by atoms with van der Waals surface area (Å²) in [5.74, 6) is 0.589. The standard InChI is InChI=1S/C19H30N4O3S.HI/c1-14-11-15(9-10-17(14)27(4,25)26)12-20-19(21-13-18(24)23(2)3)22-16-7-5-6-8-16;/h9-11,16H,5-8,12-13H2,1-4H3,(H2,20,21,22);1H. The normalized spacial score (nSPS) is 15.1. The fourth-order valence-corrected chi connectivity index (χ4v) is 4.09. The van der Waals surface area contributed by atoms with E-state index in [1.165, 1.54) is 24.0 Å². The van der Waals surface area contributed by atoms with Crippen LogP contribution in [-0.4, -0.2) is 58.1 Å². The van der Waals surface area contributed by atoms with Crippen molar-refractivity contribution in [2.45, 2.75) is 50.1 Å². The summed E-state index contributed by atoms with van der Waals surface area (Å²) in [4.78, 5) is 18.3. The van der Waals surface area contributed by atoms with Crippen LogP contribution in [-0.2, 0) is 21.2 Å². The number of amides is 1. The van der Waals surface area contributed by atoms with Gasteiger partial charge in [-0.25, -0.2) is 13.4 Å². The zero-order valence-corrected chi connectivity index (χ0v) is 20.1. The quantitative estimate of drug-likeness (QED) is 0.339. The van der Waals surface area contributed by atoms with E-state index in [9.17, 15) is 13.2 Å². The van der Waals surface area contributed by atoms with Gasteiger partial charge in [-0.1, -0.05) is 25.0 Å². The number of aryl methyl sites for hydroxylation is 1. The molecule has 158 valence electrons. The molecule has 7 nitrogen and oxygen atoms in total. The molecule has 9 heteroatoms. The lowest BCUT2D eigenvalue weighted by Crippen LogP contribution is -2.46. The van der Waals surface area contributed by atoms with Gasteiger partial charge < -0.3 is 15.5 Å². The second kappa shape index (κ2) is 11.0. The van der Waals surface area contributed by atoms with Gasteiger partial charge in [0.2, 0.25) is 5.91 Å². The monoisotopic (exact) mass is 522 g/mol. The number of aliphatic imine (C=N–C) groups is 1. The number of carbonyl (C=O) groups is 1.